The smallest absolute Gasteiger partial charge is 0.243 e. The highest BCUT2D eigenvalue weighted by molar-refractivity contribution is 7.92. The molecule has 0 saturated carbocycles. The van der Waals surface area contributed by atoms with Crippen LogP contribution in [-0.4, -0.2) is 63.7 Å². The molecule has 9 nitrogen and oxygen atoms in total. The monoisotopic (exact) mass is 627 g/mol. The maximum atomic E-state index is 13.9. The highest BCUT2D eigenvalue weighted by Crippen LogP contribution is 2.35. The average Bonchev–Trinajstić information content (AvgIpc) is 3.00. The summed E-state index contributed by atoms with van der Waals surface area (Å²) in [5.74, 6) is 0.504. The van der Waals surface area contributed by atoms with E-state index in [4.69, 9.17) is 21.1 Å². The maximum absolute atomic E-state index is 13.9. The lowest BCUT2D eigenvalue weighted by atomic mass is 10.0. The van der Waals surface area contributed by atoms with E-state index in [-0.39, 0.29) is 37.7 Å². The zero-order valence-corrected chi connectivity index (χ0v) is 26.1. The Morgan fingerprint density at radius 2 is 1.67 bits per heavy atom. The summed E-state index contributed by atoms with van der Waals surface area (Å²) in [5.41, 5.74) is 2.05. The van der Waals surface area contributed by atoms with E-state index in [1.54, 1.807) is 29.2 Å². The van der Waals surface area contributed by atoms with E-state index in [2.05, 4.69) is 5.32 Å². The molecule has 1 heterocycles. The van der Waals surface area contributed by atoms with Gasteiger partial charge in [0.15, 0.2) is 11.5 Å². The van der Waals surface area contributed by atoms with Gasteiger partial charge in [0.1, 0.15) is 19.3 Å². The summed E-state index contributed by atoms with van der Waals surface area (Å²) in [5, 5.41) is 3.45. The maximum Gasteiger partial charge on any atom is 0.243 e. The molecular weight excluding hydrogens is 590 g/mol. The van der Waals surface area contributed by atoms with Crippen LogP contribution >= 0.6 is 11.6 Å². The Balaban J connectivity index is 1.57. The predicted molar refractivity (Wildman–Crippen MR) is 168 cm³/mol. The molecule has 3 aromatic carbocycles. The van der Waals surface area contributed by atoms with Gasteiger partial charge in [-0.2, -0.15) is 0 Å². The molecule has 0 unspecified atom stereocenters. The number of hydrogen-bond acceptors (Lipinski definition) is 6. The number of halogens is 1. The number of carbonyl (C=O) groups excluding carboxylic acids is 2. The Kier molecular flexibility index (Phi) is 11.3. The number of fused-ring (bicyclic) bond motifs is 1. The normalized spacial score (nSPS) is 13.2. The highest BCUT2D eigenvalue weighted by atomic mass is 35.5. The summed E-state index contributed by atoms with van der Waals surface area (Å²) in [6.07, 6.45) is 2.45. The summed E-state index contributed by atoms with van der Waals surface area (Å²) in [7, 11) is -3.67. The number of sulfonamides is 1. The largest absolute Gasteiger partial charge is 0.486 e. The Hall–Kier alpha value is -3.76. The van der Waals surface area contributed by atoms with Crippen molar-refractivity contribution in [2.45, 2.75) is 45.2 Å². The van der Waals surface area contributed by atoms with Gasteiger partial charge in [0.2, 0.25) is 21.8 Å². The quantitative estimate of drug-likeness (QED) is 0.275. The van der Waals surface area contributed by atoms with Gasteiger partial charge >= 0.3 is 0 Å². The lowest BCUT2D eigenvalue weighted by Gasteiger charge is -2.32. The topological polar surface area (TPSA) is 105 Å². The molecule has 11 heteroatoms. The van der Waals surface area contributed by atoms with Gasteiger partial charge in [-0.05, 0) is 42.2 Å². The number of ether oxygens (including phenoxy) is 2. The molecule has 0 fully saturated rings. The first kappa shape index (κ1) is 32.2. The Bertz CT molecular complexity index is 1500. The fourth-order valence-corrected chi connectivity index (χ4v) is 6.07. The first-order chi connectivity index (χ1) is 20.7. The van der Waals surface area contributed by atoms with Crippen LogP contribution in [0.3, 0.4) is 0 Å². The van der Waals surface area contributed by atoms with Gasteiger partial charge in [0, 0.05) is 43.6 Å². The van der Waals surface area contributed by atoms with Crippen molar-refractivity contribution < 1.29 is 27.5 Å². The molecule has 0 aromatic heterocycles. The third-order valence-corrected chi connectivity index (χ3v) is 8.65. The molecule has 0 spiro atoms. The van der Waals surface area contributed by atoms with Gasteiger partial charge in [-0.1, -0.05) is 67.1 Å². The number of anilines is 1. The number of nitrogens with zero attached hydrogens (tertiary/aromatic N) is 2. The molecule has 0 bridgehead atoms. The third kappa shape index (κ3) is 8.87. The van der Waals surface area contributed by atoms with Gasteiger partial charge in [-0.15, -0.1) is 0 Å². The number of amides is 2. The molecule has 230 valence electrons. The summed E-state index contributed by atoms with van der Waals surface area (Å²) >= 11 is 6.48. The molecule has 0 aliphatic carbocycles. The SMILES string of the molecule is CCCNC(=O)[C@@H](Cc1ccccc1)N(Cc1ccccc1Cl)C(=O)CCCN(c1ccc2c(c1)OCCO2)S(C)(=O)=O. The highest BCUT2D eigenvalue weighted by Gasteiger charge is 2.31. The van der Waals surface area contributed by atoms with Crippen molar-refractivity contribution in [2.75, 3.05) is 36.9 Å². The number of nitrogens with one attached hydrogen (secondary N) is 1. The summed E-state index contributed by atoms with van der Waals surface area (Å²) in [6, 6.07) is 21.0. The molecular formula is C32H38ClN3O6S. The lowest BCUT2D eigenvalue weighted by molar-refractivity contribution is -0.141. The van der Waals surface area contributed by atoms with Gasteiger partial charge in [0.25, 0.3) is 0 Å². The van der Waals surface area contributed by atoms with E-state index in [1.807, 2.05) is 55.5 Å². The summed E-state index contributed by atoms with van der Waals surface area (Å²) in [4.78, 5) is 29.0. The van der Waals surface area contributed by atoms with Gasteiger partial charge < -0.3 is 19.7 Å². The first-order valence-corrected chi connectivity index (χ1v) is 16.6. The van der Waals surface area contributed by atoms with Crippen LogP contribution in [0.5, 0.6) is 11.5 Å². The molecule has 0 radical (unpaired) electrons. The Morgan fingerprint density at radius 1 is 0.977 bits per heavy atom. The molecule has 4 rings (SSSR count). The minimum absolute atomic E-state index is 0.0212. The standard InChI is InChI=1S/C32H38ClN3O6S/c1-3-17-34-32(38)28(21-24-10-5-4-6-11-24)35(23-25-12-7-8-13-27(25)33)31(37)14-9-18-36(43(2,39)40)26-15-16-29-30(22-26)42-20-19-41-29/h4-8,10-13,15-16,22,28H,3,9,14,17-21,23H2,1-2H3,(H,34,38)/t28-/m1/s1. The van der Waals surface area contributed by atoms with Crippen LogP contribution in [0.4, 0.5) is 5.69 Å². The van der Waals surface area contributed by atoms with Gasteiger partial charge in [-0.25, -0.2) is 8.42 Å². The number of benzene rings is 3. The van der Waals surface area contributed by atoms with Crippen LogP contribution in [0.25, 0.3) is 0 Å². The van der Waals surface area contributed by atoms with E-state index in [0.29, 0.717) is 54.0 Å². The molecule has 0 saturated heterocycles. The fraction of sp³-hybridized carbons (Fsp3) is 0.375. The van der Waals surface area contributed by atoms with Crippen molar-refractivity contribution in [2.24, 2.45) is 0 Å². The van der Waals surface area contributed by atoms with E-state index in [1.165, 1.54) is 4.31 Å². The lowest BCUT2D eigenvalue weighted by Crippen LogP contribution is -2.50. The molecule has 2 amide bonds. The van der Waals surface area contributed by atoms with Crippen LogP contribution in [0.2, 0.25) is 5.02 Å². The predicted octanol–water partition coefficient (Wildman–Crippen LogP) is 4.82. The van der Waals surface area contributed by atoms with Crippen molar-refractivity contribution >= 4 is 39.1 Å². The molecule has 1 atom stereocenters. The molecule has 1 aliphatic heterocycles. The Labute approximate surface area is 258 Å². The van der Waals surface area contributed by atoms with Gasteiger partial charge in [0.05, 0.1) is 11.9 Å². The average molecular weight is 628 g/mol. The Morgan fingerprint density at radius 3 is 2.37 bits per heavy atom. The molecule has 43 heavy (non-hydrogen) atoms. The van der Waals surface area contributed by atoms with Crippen molar-refractivity contribution in [3.05, 3.63) is 88.9 Å². The molecule has 1 aliphatic rings. The van der Waals surface area contributed by atoms with E-state index >= 15 is 0 Å². The van der Waals surface area contributed by atoms with Gasteiger partial charge in [-0.3, -0.25) is 13.9 Å². The molecule has 1 N–H and O–H groups in total. The van der Waals surface area contributed by atoms with E-state index in [9.17, 15) is 18.0 Å². The van der Waals surface area contributed by atoms with Crippen LogP contribution in [0.1, 0.15) is 37.3 Å². The second-order valence-electron chi connectivity index (χ2n) is 10.4. The van der Waals surface area contributed by atoms with Crippen LogP contribution in [0, 0.1) is 0 Å². The third-order valence-electron chi connectivity index (χ3n) is 7.08. The fourth-order valence-electron chi connectivity index (χ4n) is 4.92. The number of carbonyl (C=O) groups is 2. The minimum Gasteiger partial charge on any atom is -0.486 e. The van der Waals surface area contributed by atoms with Crippen LogP contribution < -0.4 is 19.1 Å². The van der Waals surface area contributed by atoms with Crippen LogP contribution in [0.15, 0.2) is 72.8 Å². The first-order valence-electron chi connectivity index (χ1n) is 14.4. The zero-order valence-electron chi connectivity index (χ0n) is 24.5. The number of rotatable bonds is 14. The van der Waals surface area contributed by atoms with Crippen molar-refractivity contribution in [1.82, 2.24) is 10.2 Å². The van der Waals surface area contributed by atoms with Crippen molar-refractivity contribution in [3.8, 4) is 11.5 Å². The summed E-state index contributed by atoms with van der Waals surface area (Å²) in [6.45, 7) is 3.45. The van der Waals surface area contributed by atoms with E-state index in [0.717, 1.165) is 18.2 Å². The summed E-state index contributed by atoms with van der Waals surface area (Å²) < 4.78 is 38.0. The van der Waals surface area contributed by atoms with Crippen molar-refractivity contribution in [1.29, 1.82) is 0 Å². The van der Waals surface area contributed by atoms with E-state index < -0.39 is 16.1 Å². The second kappa shape index (κ2) is 15.1. The minimum atomic E-state index is -3.67. The van der Waals surface area contributed by atoms with Crippen LogP contribution in [-0.2, 0) is 32.6 Å². The number of hydrogen-bond donors (Lipinski definition) is 1. The molecule has 3 aromatic rings. The van der Waals surface area contributed by atoms with Crippen molar-refractivity contribution in [3.63, 3.8) is 0 Å². The zero-order chi connectivity index (χ0) is 30.8. The second-order valence-corrected chi connectivity index (χ2v) is 12.7.